The van der Waals surface area contributed by atoms with Crippen LogP contribution in [-0.2, 0) is 19.1 Å². The Morgan fingerprint density at radius 3 is 2.00 bits per heavy atom. The summed E-state index contributed by atoms with van der Waals surface area (Å²) in [5.41, 5.74) is 0. The fourth-order valence-electron chi connectivity index (χ4n) is 1.50. The van der Waals surface area contributed by atoms with E-state index in [2.05, 4.69) is 33.0 Å². The Morgan fingerprint density at radius 2 is 1.48 bits per heavy atom. The number of nitrogens with one attached hydrogen (secondary N) is 1. The lowest BCUT2D eigenvalue weighted by Crippen LogP contribution is -2.38. The standard InChI is InChI=1S/C16H31NO4/c1-11(2)7-9-17-15(18)13(5)21-16(19)14(6)20-10-8-12(3)4/h11-14H,7-10H2,1-6H3,(H,17,18). The van der Waals surface area contributed by atoms with Crippen LogP contribution in [0.1, 0.15) is 54.4 Å². The molecule has 21 heavy (non-hydrogen) atoms. The van der Waals surface area contributed by atoms with Crippen LogP contribution in [0.4, 0.5) is 0 Å². The van der Waals surface area contributed by atoms with Crippen molar-refractivity contribution in [2.24, 2.45) is 11.8 Å². The third kappa shape index (κ3) is 10.3. The molecule has 5 nitrogen and oxygen atoms in total. The second-order valence-corrected chi connectivity index (χ2v) is 6.25. The van der Waals surface area contributed by atoms with Gasteiger partial charge in [-0.2, -0.15) is 0 Å². The zero-order chi connectivity index (χ0) is 16.4. The molecule has 0 rings (SSSR count). The van der Waals surface area contributed by atoms with Crippen molar-refractivity contribution in [3.05, 3.63) is 0 Å². The van der Waals surface area contributed by atoms with E-state index >= 15 is 0 Å². The van der Waals surface area contributed by atoms with Gasteiger partial charge in [-0.3, -0.25) is 4.79 Å². The average molecular weight is 301 g/mol. The molecule has 0 spiro atoms. The molecule has 1 N–H and O–H groups in total. The van der Waals surface area contributed by atoms with E-state index in [0.29, 0.717) is 25.0 Å². The second-order valence-electron chi connectivity index (χ2n) is 6.25. The molecule has 0 saturated carbocycles. The summed E-state index contributed by atoms with van der Waals surface area (Å²) < 4.78 is 10.5. The van der Waals surface area contributed by atoms with Crippen molar-refractivity contribution in [2.45, 2.75) is 66.6 Å². The summed E-state index contributed by atoms with van der Waals surface area (Å²) in [7, 11) is 0. The summed E-state index contributed by atoms with van der Waals surface area (Å²) in [5, 5.41) is 2.76. The second kappa shape index (κ2) is 10.6. The number of rotatable bonds is 10. The molecule has 2 atom stereocenters. The molecule has 0 aliphatic heterocycles. The number of carbonyl (C=O) groups is 2. The first kappa shape index (κ1) is 19.9. The first-order valence-electron chi connectivity index (χ1n) is 7.83. The fourth-order valence-corrected chi connectivity index (χ4v) is 1.50. The van der Waals surface area contributed by atoms with Crippen LogP contribution in [-0.4, -0.2) is 37.2 Å². The summed E-state index contributed by atoms with van der Waals surface area (Å²) >= 11 is 0. The van der Waals surface area contributed by atoms with E-state index in [-0.39, 0.29) is 5.91 Å². The van der Waals surface area contributed by atoms with E-state index in [0.717, 1.165) is 12.8 Å². The zero-order valence-electron chi connectivity index (χ0n) is 14.3. The Bertz CT molecular complexity index is 315. The summed E-state index contributed by atoms with van der Waals surface area (Å²) in [5.74, 6) is 0.292. The van der Waals surface area contributed by atoms with Crippen LogP contribution < -0.4 is 5.32 Å². The number of esters is 1. The molecule has 124 valence electrons. The lowest BCUT2D eigenvalue weighted by molar-refractivity contribution is -0.165. The molecular weight excluding hydrogens is 270 g/mol. The highest BCUT2D eigenvalue weighted by atomic mass is 16.6. The topological polar surface area (TPSA) is 64.6 Å². The Labute approximate surface area is 128 Å². The first-order chi connectivity index (χ1) is 9.73. The molecule has 5 heteroatoms. The van der Waals surface area contributed by atoms with Crippen LogP contribution in [0.2, 0.25) is 0 Å². The van der Waals surface area contributed by atoms with Gasteiger partial charge in [0.15, 0.2) is 12.2 Å². The average Bonchev–Trinajstić information content (AvgIpc) is 2.37. The van der Waals surface area contributed by atoms with Gasteiger partial charge in [-0.05, 0) is 38.5 Å². The molecule has 0 aliphatic rings. The van der Waals surface area contributed by atoms with Crippen molar-refractivity contribution in [2.75, 3.05) is 13.2 Å². The molecule has 2 unspecified atom stereocenters. The monoisotopic (exact) mass is 301 g/mol. The largest absolute Gasteiger partial charge is 0.451 e. The molecular formula is C16H31NO4. The van der Waals surface area contributed by atoms with E-state index in [1.165, 1.54) is 0 Å². The minimum atomic E-state index is -0.791. The van der Waals surface area contributed by atoms with Crippen LogP contribution in [0, 0.1) is 11.8 Å². The third-order valence-corrected chi connectivity index (χ3v) is 3.08. The summed E-state index contributed by atoms with van der Waals surface area (Å²) in [6.45, 7) is 12.7. The van der Waals surface area contributed by atoms with Crippen molar-refractivity contribution in [1.82, 2.24) is 5.32 Å². The van der Waals surface area contributed by atoms with Crippen LogP contribution in [0.15, 0.2) is 0 Å². The Morgan fingerprint density at radius 1 is 0.905 bits per heavy atom. The maximum atomic E-state index is 11.8. The molecule has 0 saturated heterocycles. The summed E-state index contributed by atoms with van der Waals surface area (Å²) in [6.07, 6.45) is 0.361. The Kier molecular flexibility index (Phi) is 10.0. The van der Waals surface area contributed by atoms with Gasteiger partial charge in [0, 0.05) is 13.2 Å². The predicted molar refractivity (Wildman–Crippen MR) is 82.9 cm³/mol. The Balaban J connectivity index is 3.98. The highest BCUT2D eigenvalue weighted by molar-refractivity contribution is 5.84. The minimum absolute atomic E-state index is 0.265. The van der Waals surface area contributed by atoms with Crippen molar-refractivity contribution < 1.29 is 19.1 Å². The quantitative estimate of drug-likeness (QED) is 0.630. The maximum absolute atomic E-state index is 11.8. The van der Waals surface area contributed by atoms with Gasteiger partial charge >= 0.3 is 5.97 Å². The van der Waals surface area contributed by atoms with Gasteiger partial charge in [0.1, 0.15) is 0 Å². The van der Waals surface area contributed by atoms with Gasteiger partial charge in [0.2, 0.25) is 0 Å². The van der Waals surface area contributed by atoms with Crippen LogP contribution >= 0.6 is 0 Å². The first-order valence-corrected chi connectivity index (χ1v) is 7.83. The number of hydrogen-bond acceptors (Lipinski definition) is 4. The third-order valence-electron chi connectivity index (χ3n) is 3.08. The lowest BCUT2D eigenvalue weighted by atomic mass is 10.1. The lowest BCUT2D eigenvalue weighted by Gasteiger charge is -2.17. The molecule has 0 aliphatic carbocycles. The van der Waals surface area contributed by atoms with Crippen LogP contribution in [0.25, 0.3) is 0 Å². The molecule has 0 aromatic carbocycles. The molecule has 0 radical (unpaired) electrons. The fraction of sp³-hybridized carbons (Fsp3) is 0.875. The van der Waals surface area contributed by atoms with Gasteiger partial charge in [-0.15, -0.1) is 0 Å². The number of amides is 1. The smallest absolute Gasteiger partial charge is 0.335 e. The molecule has 0 fully saturated rings. The maximum Gasteiger partial charge on any atom is 0.335 e. The van der Waals surface area contributed by atoms with Gasteiger partial charge in [0.25, 0.3) is 5.91 Å². The number of ether oxygens (including phenoxy) is 2. The van der Waals surface area contributed by atoms with Gasteiger partial charge in [-0.1, -0.05) is 27.7 Å². The summed E-state index contributed by atoms with van der Waals surface area (Å²) in [4.78, 5) is 23.5. The molecule has 1 amide bonds. The van der Waals surface area contributed by atoms with E-state index in [1.54, 1.807) is 13.8 Å². The highest BCUT2D eigenvalue weighted by Gasteiger charge is 2.22. The van der Waals surface area contributed by atoms with E-state index in [1.807, 2.05) is 0 Å². The van der Waals surface area contributed by atoms with Crippen molar-refractivity contribution in [1.29, 1.82) is 0 Å². The highest BCUT2D eigenvalue weighted by Crippen LogP contribution is 2.04. The number of hydrogen-bond donors (Lipinski definition) is 1. The molecule has 0 heterocycles. The van der Waals surface area contributed by atoms with Gasteiger partial charge in [-0.25, -0.2) is 4.79 Å². The SMILES string of the molecule is CC(C)CCNC(=O)C(C)OC(=O)C(C)OCCC(C)C. The van der Waals surface area contributed by atoms with Crippen molar-refractivity contribution >= 4 is 11.9 Å². The minimum Gasteiger partial charge on any atom is -0.451 e. The van der Waals surface area contributed by atoms with Gasteiger partial charge < -0.3 is 14.8 Å². The van der Waals surface area contributed by atoms with Crippen molar-refractivity contribution in [3.63, 3.8) is 0 Å². The molecule has 0 bridgehead atoms. The molecule has 0 aromatic rings. The summed E-state index contributed by atoms with van der Waals surface area (Å²) in [6, 6.07) is 0. The Hall–Kier alpha value is -1.10. The van der Waals surface area contributed by atoms with E-state index in [4.69, 9.17) is 9.47 Å². The zero-order valence-corrected chi connectivity index (χ0v) is 14.3. The van der Waals surface area contributed by atoms with E-state index in [9.17, 15) is 9.59 Å². The van der Waals surface area contributed by atoms with Gasteiger partial charge in [0.05, 0.1) is 0 Å². The number of carbonyl (C=O) groups excluding carboxylic acids is 2. The van der Waals surface area contributed by atoms with Crippen molar-refractivity contribution in [3.8, 4) is 0 Å². The predicted octanol–water partition coefficient (Wildman–Crippen LogP) is 2.53. The van der Waals surface area contributed by atoms with Crippen LogP contribution in [0.3, 0.4) is 0 Å². The van der Waals surface area contributed by atoms with Crippen LogP contribution in [0.5, 0.6) is 0 Å². The van der Waals surface area contributed by atoms with E-state index < -0.39 is 18.2 Å². The normalized spacial score (nSPS) is 14.1. The molecule has 0 aromatic heterocycles.